The zero-order valence-electron chi connectivity index (χ0n) is 13.0. The highest BCUT2D eigenvalue weighted by atomic mass is 31.0. The lowest BCUT2D eigenvalue weighted by molar-refractivity contribution is 0.139. The van der Waals surface area contributed by atoms with E-state index in [-0.39, 0.29) is 6.61 Å². The van der Waals surface area contributed by atoms with Crippen molar-refractivity contribution in [1.29, 1.82) is 0 Å². The summed E-state index contributed by atoms with van der Waals surface area (Å²) >= 11 is 0. The van der Waals surface area contributed by atoms with Gasteiger partial charge in [-0.05, 0) is 11.7 Å². The van der Waals surface area contributed by atoms with Crippen molar-refractivity contribution >= 4 is 21.4 Å². The molecule has 8 heteroatoms. The third kappa shape index (κ3) is 10.5. The van der Waals surface area contributed by atoms with Gasteiger partial charge in [0.2, 0.25) is 0 Å². The fourth-order valence-corrected chi connectivity index (χ4v) is 1.73. The van der Waals surface area contributed by atoms with Crippen molar-refractivity contribution in [2.45, 2.75) is 6.61 Å². The highest BCUT2D eigenvalue weighted by Crippen LogP contribution is 2.00. The number of amides is 2. The molecule has 0 saturated carbocycles. The Hall–Kier alpha value is -1.85. The van der Waals surface area contributed by atoms with Crippen LogP contribution >= 0.6 is 9.24 Å². The van der Waals surface area contributed by atoms with Crippen LogP contribution in [0.3, 0.4) is 0 Å². The molecule has 0 saturated heterocycles. The van der Waals surface area contributed by atoms with Gasteiger partial charge < -0.3 is 25.4 Å². The second kappa shape index (κ2) is 12.7. The van der Waals surface area contributed by atoms with E-state index in [1.165, 1.54) is 0 Å². The maximum absolute atomic E-state index is 11.5. The summed E-state index contributed by atoms with van der Waals surface area (Å²) in [5.74, 6) is 0. The van der Waals surface area contributed by atoms with Crippen LogP contribution in [0.2, 0.25) is 0 Å². The molecule has 0 heterocycles. The molecule has 0 aliphatic rings. The molecule has 0 bridgehead atoms. The number of rotatable bonds is 10. The number of nitrogens with one attached hydrogen (secondary N) is 3. The quantitative estimate of drug-likeness (QED) is 0.438. The van der Waals surface area contributed by atoms with Gasteiger partial charge in [0.25, 0.3) is 0 Å². The average molecular weight is 341 g/mol. The number of carbonyl (C=O) groups is 2. The Morgan fingerprint density at radius 2 is 1.52 bits per heavy atom. The summed E-state index contributed by atoms with van der Waals surface area (Å²) in [7, 11) is 2.48. The van der Waals surface area contributed by atoms with Crippen molar-refractivity contribution in [3.8, 4) is 0 Å². The van der Waals surface area contributed by atoms with E-state index in [4.69, 9.17) is 9.47 Å². The maximum atomic E-state index is 11.5. The van der Waals surface area contributed by atoms with Crippen LogP contribution in [0.5, 0.6) is 0 Å². The second-order valence-corrected chi connectivity index (χ2v) is 5.17. The average Bonchev–Trinajstić information content (AvgIpc) is 2.58. The highest BCUT2D eigenvalue weighted by Gasteiger charge is 2.02. The minimum atomic E-state index is -0.449. The Labute approximate surface area is 138 Å². The van der Waals surface area contributed by atoms with Crippen molar-refractivity contribution in [1.82, 2.24) is 16.0 Å². The number of benzene rings is 1. The van der Waals surface area contributed by atoms with Crippen LogP contribution in [0.4, 0.5) is 9.59 Å². The van der Waals surface area contributed by atoms with Crippen LogP contribution < -0.4 is 16.0 Å². The number of hydrogen-bond donors (Lipinski definition) is 3. The van der Waals surface area contributed by atoms with E-state index in [1.54, 1.807) is 0 Å². The molecule has 7 nitrogen and oxygen atoms in total. The fraction of sp³-hybridized carbons (Fsp3) is 0.467. The van der Waals surface area contributed by atoms with E-state index in [2.05, 4.69) is 25.2 Å². The second-order valence-electron chi connectivity index (χ2n) is 4.59. The van der Waals surface area contributed by atoms with Crippen LogP contribution in [0.1, 0.15) is 5.56 Å². The molecule has 0 radical (unpaired) electrons. The smallest absolute Gasteiger partial charge is 0.407 e. The first-order valence-corrected chi connectivity index (χ1v) is 8.30. The van der Waals surface area contributed by atoms with Gasteiger partial charge in [-0.25, -0.2) is 9.59 Å². The molecule has 1 unspecified atom stereocenters. The van der Waals surface area contributed by atoms with Gasteiger partial charge in [-0.3, -0.25) is 0 Å². The maximum Gasteiger partial charge on any atom is 0.407 e. The lowest BCUT2D eigenvalue weighted by Crippen LogP contribution is -2.36. The summed E-state index contributed by atoms with van der Waals surface area (Å²) in [5, 5.41) is 8.33. The van der Waals surface area contributed by atoms with Gasteiger partial charge >= 0.3 is 12.2 Å². The van der Waals surface area contributed by atoms with Gasteiger partial charge in [-0.15, -0.1) is 9.24 Å². The lowest BCUT2D eigenvalue weighted by atomic mass is 10.2. The van der Waals surface area contributed by atoms with Crippen LogP contribution in [0.25, 0.3) is 0 Å². The third-order valence-electron chi connectivity index (χ3n) is 2.71. The van der Waals surface area contributed by atoms with E-state index in [1.807, 2.05) is 30.3 Å². The Kier molecular flexibility index (Phi) is 10.6. The number of carbonyl (C=O) groups excluding carboxylic acids is 2. The standard InChI is InChI=1S/C15H24N3O4P/c19-14(21-10-11-23)17-8-6-16-7-9-18-15(20)22-12-13-4-2-1-3-5-13/h1-5,16H,6-12,23H2,(H,17,19)(H,18,20). The molecule has 2 amide bonds. The first-order valence-electron chi connectivity index (χ1n) is 7.48. The number of ether oxygens (including phenoxy) is 2. The van der Waals surface area contributed by atoms with Gasteiger partial charge in [0.05, 0.1) is 6.61 Å². The fourth-order valence-electron chi connectivity index (χ4n) is 1.61. The summed E-state index contributed by atoms with van der Waals surface area (Å²) in [5.41, 5.74) is 0.945. The van der Waals surface area contributed by atoms with Gasteiger partial charge in [0.15, 0.2) is 0 Å². The topological polar surface area (TPSA) is 88.7 Å². The molecule has 0 aliphatic carbocycles. The molecule has 0 spiro atoms. The van der Waals surface area contributed by atoms with E-state index in [9.17, 15) is 9.59 Å². The summed E-state index contributed by atoms with van der Waals surface area (Å²) in [6.07, 6.45) is -0.149. The van der Waals surface area contributed by atoms with Crippen molar-refractivity contribution in [2.75, 3.05) is 38.9 Å². The summed E-state index contributed by atoms with van der Waals surface area (Å²) in [6.45, 7) is 2.74. The van der Waals surface area contributed by atoms with E-state index >= 15 is 0 Å². The van der Waals surface area contributed by atoms with Crippen LogP contribution in [-0.2, 0) is 16.1 Å². The highest BCUT2D eigenvalue weighted by molar-refractivity contribution is 7.16. The first-order chi connectivity index (χ1) is 11.2. The first kappa shape index (κ1) is 19.2. The summed E-state index contributed by atoms with van der Waals surface area (Å²) in [4.78, 5) is 22.6. The predicted molar refractivity (Wildman–Crippen MR) is 91.4 cm³/mol. The minimum Gasteiger partial charge on any atom is -0.449 e. The molecular weight excluding hydrogens is 317 g/mol. The molecule has 1 rings (SSSR count). The van der Waals surface area contributed by atoms with Crippen molar-refractivity contribution < 1.29 is 19.1 Å². The van der Waals surface area contributed by atoms with Crippen molar-refractivity contribution in [3.63, 3.8) is 0 Å². The molecule has 1 atom stereocenters. The largest absolute Gasteiger partial charge is 0.449 e. The summed E-state index contributed by atoms with van der Waals surface area (Å²) in [6, 6.07) is 9.49. The Morgan fingerprint density at radius 3 is 2.13 bits per heavy atom. The molecule has 1 aromatic rings. The third-order valence-corrected chi connectivity index (χ3v) is 2.94. The van der Waals surface area contributed by atoms with E-state index in [0.29, 0.717) is 32.8 Å². The van der Waals surface area contributed by atoms with Crippen molar-refractivity contribution in [2.24, 2.45) is 0 Å². The molecule has 0 fully saturated rings. The minimum absolute atomic E-state index is 0.252. The number of alkyl carbamates (subject to hydrolysis) is 2. The summed E-state index contributed by atoms with van der Waals surface area (Å²) < 4.78 is 9.91. The van der Waals surface area contributed by atoms with Gasteiger partial charge in [-0.2, -0.15) is 0 Å². The van der Waals surface area contributed by atoms with E-state index in [0.717, 1.165) is 11.7 Å². The number of hydrogen-bond acceptors (Lipinski definition) is 5. The molecular formula is C15H24N3O4P. The van der Waals surface area contributed by atoms with E-state index < -0.39 is 12.2 Å². The Bertz CT molecular complexity index is 459. The molecule has 0 aromatic heterocycles. The molecule has 3 N–H and O–H groups in total. The Balaban J connectivity index is 1.92. The van der Waals surface area contributed by atoms with Crippen molar-refractivity contribution in [3.05, 3.63) is 35.9 Å². The predicted octanol–water partition coefficient (Wildman–Crippen LogP) is 1.10. The van der Waals surface area contributed by atoms with Gasteiger partial charge in [0, 0.05) is 26.2 Å². The molecule has 1 aromatic carbocycles. The SMILES string of the molecule is O=C(NCCNCCNC(=O)OCc1ccccc1)OCCP. The normalized spacial score (nSPS) is 9.96. The molecule has 0 aliphatic heterocycles. The van der Waals surface area contributed by atoms with Crippen LogP contribution in [-0.4, -0.2) is 51.1 Å². The zero-order valence-corrected chi connectivity index (χ0v) is 14.2. The Morgan fingerprint density at radius 1 is 0.913 bits per heavy atom. The zero-order chi connectivity index (χ0) is 16.8. The van der Waals surface area contributed by atoms with Crippen LogP contribution in [0, 0.1) is 0 Å². The van der Waals surface area contributed by atoms with Gasteiger partial charge in [0.1, 0.15) is 6.61 Å². The molecule has 23 heavy (non-hydrogen) atoms. The van der Waals surface area contributed by atoms with Gasteiger partial charge in [-0.1, -0.05) is 30.3 Å². The van der Waals surface area contributed by atoms with Crippen LogP contribution in [0.15, 0.2) is 30.3 Å². The molecule has 128 valence electrons. The lowest BCUT2D eigenvalue weighted by Gasteiger charge is -2.09. The monoisotopic (exact) mass is 341 g/mol.